The smallest absolute Gasteiger partial charge is 0.0801 e. The Morgan fingerprint density at radius 3 is 2.50 bits per heavy atom. The number of fused-ring (bicyclic) bond motifs is 4. The lowest BCUT2D eigenvalue weighted by atomic mass is 9.59. The highest BCUT2D eigenvalue weighted by Gasteiger charge is 2.53. The van der Waals surface area contributed by atoms with Gasteiger partial charge >= 0.3 is 0 Å². The summed E-state index contributed by atoms with van der Waals surface area (Å²) in [6.07, 6.45) is 10.2. The molecule has 166 valence electrons. The molecule has 2 N–H and O–H groups in total. The average Bonchev–Trinajstić information content (AvgIpc) is 3.03. The predicted octanol–water partition coefficient (Wildman–Crippen LogP) is 6.27. The molecule has 0 spiro atoms. The monoisotopic (exact) mass is 410 g/mol. The van der Waals surface area contributed by atoms with Crippen LogP contribution in [-0.2, 0) is 12.8 Å². The largest absolute Gasteiger partial charge is 0.393 e. The summed E-state index contributed by atoms with van der Waals surface area (Å²) in [6, 6.07) is 2.43. The molecule has 3 aliphatic rings. The average molecular weight is 411 g/mol. The van der Waals surface area contributed by atoms with Gasteiger partial charge in [-0.15, -0.1) is 0 Å². The van der Waals surface area contributed by atoms with E-state index in [-0.39, 0.29) is 17.6 Å². The first kappa shape index (κ1) is 22.1. The molecule has 1 fully saturated rings. The molecule has 0 bridgehead atoms. The molecule has 2 heteroatoms. The van der Waals surface area contributed by atoms with E-state index in [0.29, 0.717) is 29.6 Å². The van der Waals surface area contributed by atoms with Crippen LogP contribution in [0.1, 0.15) is 100 Å². The molecule has 7 atom stereocenters. The molecular formula is C28H42O2. The highest BCUT2D eigenvalue weighted by Crippen LogP contribution is 2.63. The molecule has 4 rings (SSSR count). The third-order valence-corrected chi connectivity index (χ3v) is 9.23. The topological polar surface area (TPSA) is 40.5 Å². The molecule has 0 saturated heterocycles. The molecule has 0 aromatic heterocycles. The second kappa shape index (κ2) is 8.10. The number of allylic oxidation sites excluding steroid dienone is 2. The molecule has 1 aromatic carbocycles. The summed E-state index contributed by atoms with van der Waals surface area (Å²) in [7, 11) is 0. The molecule has 0 aliphatic heterocycles. The van der Waals surface area contributed by atoms with Crippen LogP contribution in [0, 0.1) is 36.0 Å². The van der Waals surface area contributed by atoms with E-state index < -0.39 is 0 Å². The fourth-order valence-corrected chi connectivity index (χ4v) is 7.03. The number of rotatable bonds is 4. The minimum atomic E-state index is -0.378. The van der Waals surface area contributed by atoms with Crippen LogP contribution >= 0.6 is 0 Å². The second-order valence-electron chi connectivity index (χ2n) is 11.3. The van der Waals surface area contributed by atoms with Crippen molar-refractivity contribution in [3.63, 3.8) is 0 Å². The number of aliphatic hydroxyl groups is 2. The van der Waals surface area contributed by atoms with E-state index in [1.165, 1.54) is 40.7 Å². The molecular weight excluding hydrogens is 368 g/mol. The Balaban J connectivity index is 1.67. The van der Waals surface area contributed by atoms with Gasteiger partial charge in [0.15, 0.2) is 0 Å². The van der Waals surface area contributed by atoms with Gasteiger partial charge in [-0.3, -0.25) is 0 Å². The molecule has 0 heterocycles. The molecule has 30 heavy (non-hydrogen) atoms. The van der Waals surface area contributed by atoms with Crippen molar-refractivity contribution in [3.05, 3.63) is 46.0 Å². The SMILES string of the molecule is Cc1c2c(cc3c1C(O)C[C@@]1(C)C3CCC1[C@H](C)/C=C/C(C)C(C)C)CC[C@H](O)C2. The van der Waals surface area contributed by atoms with Crippen LogP contribution in [-0.4, -0.2) is 16.3 Å². The summed E-state index contributed by atoms with van der Waals surface area (Å²) >= 11 is 0. The van der Waals surface area contributed by atoms with E-state index in [9.17, 15) is 10.2 Å². The van der Waals surface area contributed by atoms with E-state index in [2.05, 4.69) is 59.8 Å². The summed E-state index contributed by atoms with van der Waals surface area (Å²) < 4.78 is 0. The molecule has 4 unspecified atom stereocenters. The lowest BCUT2D eigenvalue weighted by Gasteiger charge is -2.46. The van der Waals surface area contributed by atoms with Crippen LogP contribution in [0.3, 0.4) is 0 Å². The van der Waals surface area contributed by atoms with Crippen LogP contribution < -0.4 is 0 Å². The highest BCUT2D eigenvalue weighted by molar-refractivity contribution is 5.51. The Hall–Kier alpha value is -1.12. The maximum absolute atomic E-state index is 11.3. The van der Waals surface area contributed by atoms with Crippen molar-refractivity contribution in [2.24, 2.45) is 29.1 Å². The summed E-state index contributed by atoms with van der Waals surface area (Å²) in [5.41, 5.74) is 6.78. The maximum atomic E-state index is 11.3. The Kier molecular flexibility index (Phi) is 5.96. The van der Waals surface area contributed by atoms with Gasteiger partial charge in [-0.25, -0.2) is 0 Å². The molecule has 0 radical (unpaired) electrons. The summed E-state index contributed by atoms with van der Waals surface area (Å²) in [5, 5.41) is 21.5. The molecule has 2 nitrogen and oxygen atoms in total. The van der Waals surface area contributed by atoms with E-state index >= 15 is 0 Å². The normalized spacial score (nSPS) is 35.2. The van der Waals surface area contributed by atoms with Gasteiger partial charge in [0.05, 0.1) is 12.2 Å². The second-order valence-corrected chi connectivity index (χ2v) is 11.3. The summed E-state index contributed by atoms with van der Waals surface area (Å²) in [6.45, 7) is 13.9. The van der Waals surface area contributed by atoms with E-state index in [0.717, 1.165) is 25.7 Å². The van der Waals surface area contributed by atoms with Crippen molar-refractivity contribution < 1.29 is 10.2 Å². The third kappa shape index (κ3) is 3.58. The lowest BCUT2D eigenvalue weighted by Crippen LogP contribution is -2.37. The quantitative estimate of drug-likeness (QED) is 0.575. The zero-order valence-electron chi connectivity index (χ0n) is 19.9. The van der Waals surface area contributed by atoms with E-state index in [4.69, 9.17) is 0 Å². The van der Waals surface area contributed by atoms with Crippen molar-refractivity contribution in [1.29, 1.82) is 0 Å². The van der Waals surface area contributed by atoms with Gasteiger partial charge in [0.25, 0.3) is 0 Å². The van der Waals surface area contributed by atoms with Crippen LogP contribution in [0.15, 0.2) is 18.2 Å². The van der Waals surface area contributed by atoms with Crippen molar-refractivity contribution in [3.8, 4) is 0 Å². The predicted molar refractivity (Wildman–Crippen MR) is 125 cm³/mol. The number of aliphatic hydroxyl groups excluding tert-OH is 2. The number of hydrogen-bond donors (Lipinski definition) is 2. The van der Waals surface area contributed by atoms with Gasteiger partial charge in [0.2, 0.25) is 0 Å². The van der Waals surface area contributed by atoms with Crippen molar-refractivity contribution in [2.75, 3.05) is 0 Å². The first-order chi connectivity index (χ1) is 14.1. The first-order valence-corrected chi connectivity index (χ1v) is 12.3. The summed E-state index contributed by atoms with van der Waals surface area (Å²) in [4.78, 5) is 0. The van der Waals surface area contributed by atoms with Gasteiger partial charge in [0, 0.05) is 0 Å². The van der Waals surface area contributed by atoms with Gasteiger partial charge in [-0.2, -0.15) is 0 Å². The van der Waals surface area contributed by atoms with E-state index in [1.807, 2.05) is 0 Å². The highest BCUT2D eigenvalue weighted by atomic mass is 16.3. The van der Waals surface area contributed by atoms with Crippen LogP contribution in [0.4, 0.5) is 0 Å². The van der Waals surface area contributed by atoms with E-state index in [1.54, 1.807) is 0 Å². The Bertz CT molecular complexity index is 822. The minimum Gasteiger partial charge on any atom is -0.393 e. The Morgan fingerprint density at radius 2 is 1.80 bits per heavy atom. The van der Waals surface area contributed by atoms with Crippen LogP contribution in [0.25, 0.3) is 0 Å². The molecule has 0 amide bonds. The van der Waals surface area contributed by atoms with Crippen molar-refractivity contribution in [2.45, 2.75) is 98.2 Å². The van der Waals surface area contributed by atoms with Crippen LogP contribution in [0.5, 0.6) is 0 Å². The number of benzene rings is 1. The van der Waals surface area contributed by atoms with Gasteiger partial charge < -0.3 is 10.2 Å². The van der Waals surface area contributed by atoms with Gasteiger partial charge in [-0.05, 0) is 108 Å². The summed E-state index contributed by atoms with van der Waals surface area (Å²) in [5.74, 6) is 3.01. The van der Waals surface area contributed by atoms with Crippen LogP contribution in [0.2, 0.25) is 0 Å². The van der Waals surface area contributed by atoms with Crippen molar-refractivity contribution >= 4 is 0 Å². The zero-order valence-corrected chi connectivity index (χ0v) is 19.9. The number of aryl methyl sites for hydroxylation is 1. The van der Waals surface area contributed by atoms with Gasteiger partial charge in [0.1, 0.15) is 0 Å². The first-order valence-electron chi connectivity index (χ1n) is 12.3. The maximum Gasteiger partial charge on any atom is 0.0801 e. The van der Waals surface area contributed by atoms with Crippen molar-refractivity contribution in [1.82, 2.24) is 0 Å². The molecule has 1 aromatic rings. The number of hydrogen-bond acceptors (Lipinski definition) is 2. The minimum absolute atomic E-state index is 0.159. The third-order valence-electron chi connectivity index (χ3n) is 9.23. The Morgan fingerprint density at radius 1 is 1.07 bits per heavy atom. The lowest BCUT2D eigenvalue weighted by molar-refractivity contribution is 0.0437. The molecule has 1 saturated carbocycles. The fraction of sp³-hybridized carbons (Fsp3) is 0.714. The molecule has 3 aliphatic carbocycles. The Labute approximate surface area is 183 Å². The van der Waals surface area contributed by atoms with Gasteiger partial charge in [-0.1, -0.05) is 52.8 Å². The standard InChI is InChI=1S/C28H42O2/c1-16(2)17(3)7-8-18(4)24-11-12-25-23-13-20-9-10-21(29)14-22(20)19(5)27(23)26(30)15-28(24,25)6/h7-8,13,16-18,21,24-26,29-30H,9-12,14-15H2,1-6H3/b8-7+/t17?,18-,21+,24?,25?,26?,28-/m1/s1. The zero-order chi connectivity index (χ0) is 21.8. The fourth-order valence-electron chi connectivity index (χ4n) is 7.03.